The van der Waals surface area contributed by atoms with E-state index in [1.165, 1.54) is 6.07 Å². The largest absolute Gasteiger partial charge is 0.416 e. The van der Waals surface area contributed by atoms with Gasteiger partial charge in [-0.3, -0.25) is 0 Å². The molecule has 1 rings (SSSR count). The summed E-state index contributed by atoms with van der Waals surface area (Å²) in [4.78, 5) is 0. The average Bonchev–Trinajstić information content (AvgIpc) is 2.14. The first-order chi connectivity index (χ1) is 6.84. The third kappa shape index (κ3) is 3.07. The molecule has 6 heteroatoms. The number of nitrogens with two attached hydrogens (primary N) is 1. The summed E-state index contributed by atoms with van der Waals surface area (Å²) in [5.74, 6) is 0. The van der Waals surface area contributed by atoms with Gasteiger partial charge in [0.1, 0.15) is 6.67 Å². The van der Waals surface area contributed by atoms with Crippen LogP contribution in [0.2, 0.25) is 5.02 Å². The van der Waals surface area contributed by atoms with Crippen molar-refractivity contribution in [2.75, 3.05) is 6.67 Å². The molecule has 0 aromatic heterocycles. The van der Waals surface area contributed by atoms with E-state index in [-0.39, 0.29) is 10.6 Å². The normalized spacial score (nSPS) is 14.0. The second-order valence-electron chi connectivity index (χ2n) is 3.03. The minimum atomic E-state index is -4.50. The predicted molar refractivity (Wildman–Crippen MR) is 49.4 cm³/mol. The van der Waals surface area contributed by atoms with Crippen molar-refractivity contribution in [3.8, 4) is 0 Å². The van der Waals surface area contributed by atoms with Crippen LogP contribution in [0.25, 0.3) is 0 Å². The quantitative estimate of drug-likeness (QED) is 0.790. The van der Waals surface area contributed by atoms with Crippen LogP contribution in [0.5, 0.6) is 0 Å². The summed E-state index contributed by atoms with van der Waals surface area (Å²) < 4.78 is 49.1. The van der Waals surface area contributed by atoms with E-state index >= 15 is 0 Å². The average molecular weight is 242 g/mol. The van der Waals surface area contributed by atoms with Crippen LogP contribution in [0.4, 0.5) is 17.6 Å². The highest BCUT2D eigenvalue weighted by atomic mass is 35.5. The first-order valence-electron chi connectivity index (χ1n) is 4.04. The summed E-state index contributed by atoms with van der Waals surface area (Å²) in [7, 11) is 0. The molecule has 0 aliphatic heterocycles. The lowest BCUT2D eigenvalue weighted by atomic mass is 10.1. The van der Waals surface area contributed by atoms with Crippen molar-refractivity contribution >= 4 is 11.6 Å². The maximum atomic E-state index is 12.3. The Bertz CT molecular complexity index is 350. The van der Waals surface area contributed by atoms with E-state index in [2.05, 4.69) is 0 Å². The zero-order chi connectivity index (χ0) is 11.6. The predicted octanol–water partition coefficient (Wildman–Crippen LogP) is 3.33. The van der Waals surface area contributed by atoms with Gasteiger partial charge in [0, 0.05) is 5.02 Å². The van der Waals surface area contributed by atoms with Crippen LogP contribution in [0.15, 0.2) is 18.2 Å². The molecule has 0 radical (unpaired) electrons. The molecule has 1 nitrogen and oxygen atoms in total. The zero-order valence-electron chi connectivity index (χ0n) is 7.48. The van der Waals surface area contributed by atoms with Crippen molar-refractivity contribution in [1.82, 2.24) is 0 Å². The molecule has 0 aliphatic carbocycles. The van der Waals surface area contributed by atoms with Crippen LogP contribution in [-0.2, 0) is 6.18 Å². The van der Waals surface area contributed by atoms with Gasteiger partial charge >= 0.3 is 6.18 Å². The van der Waals surface area contributed by atoms with Crippen LogP contribution in [0, 0.1) is 0 Å². The fraction of sp³-hybridized carbons (Fsp3) is 0.333. The molecule has 0 aliphatic rings. The van der Waals surface area contributed by atoms with E-state index in [4.69, 9.17) is 17.3 Å². The molecule has 0 amide bonds. The number of hydrogen-bond donors (Lipinski definition) is 1. The minimum Gasteiger partial charge on any atom is -0.322 e. The molecule has 1 atom stereocenters. The molecule has 0 unspecified atom stereocenters. The van der Waals surface area contributed by atoms with Crippen molar-refractivity contribution in [1.29, 1.82) is 0 Å². The number of rotatable bonds is 2. The fourth-order valence-electron chi connectivity index (χ4n) is 1.08. The number of alkyl halides is 4. The highest BCUT2D eigenvalue weighted by Gasteiger charge is 2.31. The van der Waals surface area contributed by atoms with Crippen molar-refractivity contribution in [2.24, 2.45) is 5.73 Å². The monoisotopic (exact) mass is 241 g/mol. The van der Waals surface area contributed by atoms with Gasteiger partial charge in [-0.2, -0.15) is 13.2 Å². The van der Waals surface area contributed by atoms with Gasteiger partial charge in [-0.05, 0) is 23.8 Å². The Balaban J connectivity index is 3.17. The standard InChI is InChI=1S/C9H8ClF4N/c10-7-2-5(8(15)4-11)1-6(3-7)9(12,13)14/h1-3,8H,4,15H2/t8-/m1/s1. The molecular weight excluding hydrogens is 234 g/mol. The Morgan fingerprint density at radius 3 is 2.33 bits per heavy atom. The van der Waals surface area contributed by atoms with Crippen molar-refractivity contribution in [3.05, 3.63) is 34.3 Å². The van der Waals surface area contributed by atoms with Crippen LogP contribution in [-0.4, -0.2) is 6.67 Å². The van der Waals surface area contributed by atoms with Crippen molar-refractivity contribution in [3.63, 3.8) is 0 Å². The highest BCUT2D eigenvalue weighted by Crippen LogP contribution is 2.32. The molecule has 0 saturated heterocycles. The fourth-order valence-corrected chi connectivity index (χ4v) is 1.32. The minimum absolute atomic E-state index is 0.0392. The molecule has 0 fully saturated rings. The maximum absolute atomic E-state index is 12.3. The summed E-state index contributed by atoms with van der Waals surface area (Å²) >= 11 is 5.48. The van der Waals surface area contributed by atoms with E-state index < -0.39 is 24.5 Å². The Morgan fingerprint density at radius 2 is 1.87 bits per heavy atom. The van der Waals surface area contributed by atoms with Gasteiger partial charge in [-0.15, -0.1) is 0 Å². The third-order valence-electron chi connectivity index (χ3n) is 1.84. The first kappa shape index (κ1) is 12.3. The van der Waals surface area contributed by atoms with Crippen molar-refractivity contribution in [2.45, 2.75) is 12.2 Å². The molecule has 0 spiro atoms. The summed E-state index contributed by atoms with van der Waals surface area (Å²) in [5, 5.41) is -0.108. The van der Waals surface area contributed by atoms with Crippen LogP contribution in [0.1, 0.15) is 17.2 Å². The Morgan fingerprint density at radius 1 is 1.27 bits per heavy atom. The second-order valence-corrected chi connectivity index (χ2v) is 3.47. The summed E-state index contributed by atoms with van der Waals surface area (Å²) in [6.45, 7) is -0.933. The Hall–Kier alpha value is -0.810. The lowest BCUT2D eigenvalue weighted by molar-refractivity contribution is -0.137. The van der Waals surface area contributed by atoms with Crippen molar-refractivity contribution < 1.29 is 17.6 Å². The van der Waals surface area contributed by atoms with E-state index in [1.54, 1.807) is 0 Å². The topological polar surface area (TPSA) is 26.0 Å². The smallest absolute Gasteiger partial charge is 0.322 e. The van der Waals surface area contributed by atoms with E-state index in [9.17, 15) is 17.6 Å². The van der Waals surface area contributed by atoms with Gasteiger partial charge in [0.05, 0.1) is 11.6 Å². The SMILES string of the molecule is N[C@H](CF)c1cc(Cl)cc(C(F)(F)F)c1. The molecule has 1 aromatic carbocycles. The molecule has 84 valence electrons. The summed E-state index contributed by atoms with van der Waals surface area (Å²) in [5.41, 5.74) is 4.39. The Kier molecular flexibility index (Phi) is 3.57. The number of hydrogen-bond acceptors (Lipinski definition) is 1. The summed E-state index contributed by atoms with van der Waals surface area (Å²) in [6.07, 6.45) is -4.50. The number of halogens is 5. The Labute approximate surface area is 88.8 Å². The second kappa shape index (κ2) is 4.37. The molecule has 0 saturated carbocycles. The maximum Gasteiger partial charge on any atom is 0.416 e. The van der Waals surface area contributed by atoms with Gasteiger partial charge in [-0.1, -0.05) is 11.6 Å². The van der Waals surface area contributed by atoms with Gasteiger partial charge in [-0.25, -0.2) is 4.39 Å². The van der Waals surface area contributed by atoms with Gasteiger partial charge < -0.3 is 5.73 Å². The van der Waals surface area contributed by atoms with E-state index in [0.29, 0.717) is 0 Å². The number of benzene rings is 1. The highest BCUT2D eigenvalue weighted by molar-refractivity contribution is 6.30. The van der Waals surface area contributed by atoms with Crippen LogP contribution >= 0.6 is 11.6 Å². The molecule has 0 heterocycles. The van der Waals surface area contributed by atoms with Crippen LogP contribution in [0.3, 0.4) is 0 Å². The van der Waals surface area contributed by atoms with Gasteiger partial charge in [0.25, 0.3) is 0 Å². The molecule has 1 aromatic rings. The van der Waals surface area contributed by atoms with Crippen LogP contribution < -0.4 is 5.73 Å². The molecular formula is C9H8ClF4N. The lowest BCUT2D eigenvalue weighted by Gasteiger charge is -2.12. The van der Waals surface area contributed by atoms with Gasteiger partial charge in [0.2, 0.25) is 0 Å². The molecule has 2 N–H and O–H groups in total. The lowest BCUT2D eigenvalue weighted by Crippen LogP contribution is -2.14. The third-order valence-corrected chi connectivity index (χ3v) is 2.06. The summed E-state index contributed by atoms with van der Waals surface area (Å²) in [6, 6.07) is 1.72. The molecule has 15 heavy (non-hydrogen) atoms. The van der Waals surface area contributed by atoms with E-state index in [1.807, 2.05) is 0 Å². The zero-order valence-corrected chi connectivity index (χ0v) is 8.24. The van der Waals surface area contributed by atoms with E-state index in [0.717, 1.165) is 12.1 Å². The first-order valence-corrected chi connectivity index (χ1v) is 4.41. The molecule has 0 bridgehead atoms. The van der Waals surface area contributed by atoms with Gasteiger partial charge in [0.15, 0.2) is 0 Å².